The highest BCUT2D eigenvalue weighted by Crippen LogP contribution is 2.28. The Balaban J connectivity index is 1.84. The van der Waals surface area contributed by atoms with Gasteiger partial charge in [0.15, 0.2) is 0 Å². The summed E-state index contributed by atoms with van der Waals surface area (Å²) < 4.78 is 47.2. The van der Waals surface area contributed by atoms with Crippen molar-refractivity contribution in [2.45, 2.75) is 31.5 Å². The first-order valence-corrected chi connectivity index (χ1v) is 7.68. The molecule has 1 saturated heterocycles. The number of nitrogens with one attached hydrogen (secondary N) is 1. The van der Waals surface area contributed by atoms with E-state index in [9.17, 15) is 13.2 Å². The number of alkyl halides is 3. The minimum atomic E-state index is -4.08. The molecule has 0 bridgehead atoms. The molecular formula is C16H23F3N2O2. The average Bonchev–Trinajstić information content (AvgIpc) is 2.53. The lowest BCUT2D eigenvalue weighted by Crippen LogP contribution is -2.40. The topological polar surface area (TPSA) is 33.7 Å². The van der Waals surface area contributed by atoms with Crippen LogP contribution in [-0.4, -0.2) is 51.0 Å². The van der Waals surface area contributed by atoms with Gasteiger partial charge in [-0.15, -0.1) is 0 Å². The summed E-state index contributed by atoms with van der Waals surface area (Å²) in [5.74, 6) is 1.41. The molecule has 4 nitrogen and oxygen atoms in total. The monoisotopic (exact) mass is 332 g/mol. The number of piperidine rings is 1. The molecule has 1 aliphatic heterocycles. The zero-order chi connectivity index (χ0) is 16.9. The van der Waals surface area contributed by atoms with Gasteiger partial charge in [0.1, 0.15) is 11.5 Å². The number of ether oxygens (including phenoxy) is 2. The van der Waals surface area contributed by atoms with Gasteiger partial charge in [0.2, 0.25) is 0 Å². The van der Waals surface area contributed by atoms with Gasteiger partial charge in [0.25, 0.3) is 0 Å². The molecular weight excluding hydrogens is 309 g/mol. The highest BCUT2D eigenvalue weighted by molar-refractivity contribution is 5.54. The zero-order valence-corrected chi connectivity index (χ0v) is 13.4. The van der Waals surface area contributed by atoms with Gasteiger partial charge in [0.05, 0.1) is 20.6 Å². The molecule has 0 radical (unpaired) electrons. The van der Waals surface area contributed by atoms with Crippen LogP contribution in [0, 0.1) is 0 Å². The molecule has 1 N–H and O–H groups in total. The van der Waals surface area contributed by atoms with Gasteiger partial charge in [-0.3, -0.25) is 0 Å². The minimum Gasteiger partial charge on any atom is -0.497 e. The molecule has 0 unspecified atom stereocenters. The van der Waals surface area contributed by atoms with Crippen molar-refractivity contribution >= 4 is 5.69 Å². The predicted molar refractivity (Wildman–Crippen MR) is 83.3 cm³/mol. The molecule has 1 fully saturated rings. The number of likely N-dealkylation sites (tertiary alicyclic amines) is 1. The Kier molecular flexibility index (Phi) is 5.98. The Labute approximate surface area is 134 Å². The van der Waals surface area contributed by atoms with Crippen LogP contribution in [0.2, 0.25) is 0 Å². The molecule has 7 heteroatoms. The third-order valence-electron chi connectivity index (χ3n) is 4.02. The molecule has 1 aromatic carbocycles. The summed E-state index contributed by atoms with van der Waals surface area (Å²) in [6, 6.07) is 5.82. The quantitative estimate of drug-likeness (QED) is 0.864. The summed E-state index contributed by atoms with van der Waals surface area (Å²) in [5.41, 5.74) is 0.898. The van der Waals surface area contributed by atoms with Crippen molar-refractivity contribution in [2.24, 2.45) is 0 Å². The average molecular weight is 332 g/mol. The van der Waals surface area contributed by atoms with Gasteiger partial charge < -0.3 is 19.7 Å². The lowest BCUT2D eigenvalue weighted by Gasteiger charge is -2.33. The molecule has 23 heavy (non-hydrogen) atoms. The van der Waals surface area contributed by atoms with Crippen molar-refractivity contribution < 1.29 is 22.6 Å². The van der Waals surface area contributed by atoms with Crippen molar-refractivity contribution in [3.8, 4) is 11.5 Å². The Morgan fingerprint density at radius 2 is 1.65 bits per heavy atom. The van der Waals surface area contributed by atoms with Crippen molar-refractivity contribution in [3.05, 3.63) is 18.2 Å². The summed E-state index contributed by atoms with van der Waals surface area (Å²) in [6.45, 7) is 1.44. The SMILES string of the molecule is COc1cc(NC2CCN(CCC(F)(F)F)CC2)cc(OC)c1. The third-order valence-corrected chi connectivity index (χ3v) is 4.02. The molecule has 1 aromatic rings. The van der Waals surface area contributed by atoms with Crippen LogP contribution in [0.15, 0.2) is 18.2 Å². The largest absolute Gasteiger partial charge is 0.497 e. The number of nitrogens with zero attached hydrogens (tertiary/aromatic N) is 1. The van der Waals surface area contributed by atoms with Crippen LogP contribution in [0.1, 0.15) is 19.3 Å². The molecule has 130 valence electrons. The second kappa shape index (κ2) is 7.77. The van der Waals surface area contributed by atoms with Crippen molar-refractivity contribution in [1.82, 2.24) is 4.90 Å². The number of benzene rings is 1. The predicted octanol–water partition coefficient (Wildman–Crippen LogP) is 3.53. The van der Waals surface area contributed by atoms with Crippen LogP contribution in [0.3, 0.4) is 0 Å². The maximum Gasteiger partial charge on any atom is 0.390 e. The molecule has 0 spiro atoms. The van der Waals surface area contributed by atoms with E-state index in [-0.39, 0.29) is 12.6 Å². The first kappa shape index (κ1) is 17.7. The number of hydrogen-bond acceptors (Lipinski definition) is 4. The van der Waals surface area contributed by atoms with E-state index < -0.39 is 12.6 Å². The standard InChI is InChI=1S/C16H23F3N2O2/c1-22-14-9-13(10-15(11-14)23-2)20-12-3-6-21(7-4-12)8-5-16(17,18)19/h9-12,20H,3-8H2,1-2H3. The van der Waals surface area contributed by atoms with Crippen LogP contribution in [0.25, 0.3) is 0 Å². The fourth-order valence-electron chi connectivity index (χ4n) is 2.71. The lowest BCUT2D eigenvalue weighted by molar-refractivity contribution is -0.138. The minimum absolute atomic E-state index is 0.0865. The van der Waals surface area contributed by atoms with Crippen LogP contribution >= 0.6 is 0 Å². The van der Waals surface area contributed by atoms with Crippen molar-refractivity contribution in [2.75, 3.05) is 39.2 Å². The summed E-state index contributed by atoms with van der Waals surface area (Å²) in [4.78, 5) is 1.87. The second-order valence-corrected chi connectivity index (χ2v) is 5.73. The Hall–Kier alpha value is -1.63. The fraction of sp³-hybridized carbons (Fsp3) is 0.625. The first-order valence-electron chi connectivity index (χ1n) is 7.68. The molecule has 0 aliphatic carbocycles. The summed E-state index contributed by atoms with van der Waals surface area (Å²) in [5, 5.41) is 3.41. The van der Waals surface area contributed by atoms with E-state index in [0.29, 0.717) is 24.6 Å². The number of anilines is 1. The number of hydrogen-bond donors (Lipinski definition) is 1. The maximum atomic E-state index is 12.3. The summed E-state index contributed by atoms with van der Waals surface area (Å²) in [7, 11) is 3.19. The highest BCUT2D eigenvalue weighted by Gasteiger charge is 2.29. The van der Waals surface area contributed by atoms with E-state index >= 15 is 0 Å². The molecule has 0 atom stereocenters. The molecule has 2 rings (SSSR count). The van der Waals surface area contributed by atoms with Crippen molar-refractivity contribution in [3.63, 3.8) is 0 Å². The van der Waals surface area contributed by atoms with E-state index in [0.717, 1.165) is 18.5 Å². The van der Waals surface area contributed by atoms with Gasteiger partial charge in [-0.05, 0) is 12.8 Å². The van der Waals surface area contributed by atoms with Gasteiger partial charge in [0, 0.05) is 49.6 Å². The summed E-state index contributed by atoms with van der Waals surface area (Å²) >= 11 is 0. The zero-order valence-electron chi connectivity index (χ0n) is 13.4. The Bertz CT molecular complexity index is 478. The van der Waals surface area contributed by atoms with Gasteiger partial charge in [-0.25, -0.2) is 0 Å². The number of methoxy groups -OCH3 is 2. The van der Waals surface area contributed by atoms with Crippen LogP contribution < -0.4 is 14.8 Å². The van der Waals surface area contributed by atoms with Crippen LogP contribution in [-0.2, 0) is 0 Å². The lowest BCUT2D eigenvalue weighted by atomic mass is 10.0. The smallest absolute Gasteiger partial charge is 0.390 e. The van der Waals surface area contributed by atoms with E-state index in [1.165, 1.54) is 0 Å². The Morgan fingerprint density at radius 1 is 1.09 bits per heavy atom. The third kappa shape index (κ3) is 5.82. The highest BCUT2D eigenvalue weighted by atomic mass is 19.4. The van der Waals surface area contributed by atoms with Crippen LogP contribution in [0.5, 0.6) is 11.5 Å². The van der Waals surface area contributed by atoms with E-state index in [1.807, 2.05) is 17.0 Å². The first-order chi connectivity index (χ1) is 10.9. The van der Waals surface area contributed by atoms with E-state index in [4.69, 9.17) is 9.47 Å². The summed E-state index contributed by atoms with van der Waals surface area (Å²) in [6.07, 6.45) is -3.18. The van der Waals surface area contributed by atoms with E-state index in [2.05, 4.69) is 5.32 Å². The molecule has 0 aromatic heterocycles. The molecule has 0 amide bonds. The number of rotatable bonds is 6. The number of halogens is 3. The van der Waals surface area contributed by atoms with Crippen LogP contribution in [0.4, 0.5) is 18.9 Å². The van der Waals surface area contributed by atoms with Gasteiger partial charge in [-0.2, -0.15) is 13.2 Å². The molecule has 0 saturated carbocycles. The van der Waals surface area contributed by atoms with Crippen molar-refractivity contribution in [1.29, 1.82) is 0 Å². The fourth-order valence-corrected chi connectivity index (χ4v) is 2.71. The normalized spacial score (nSPS) is 17.1. The second-order valence-electron chi connectivity index (χ2n) is 5.73. The van der Waals surface area contributed by atoms with E-state index in [1.54, 1.807) is 20.3 Å². The Morgan fingerprint density at radius 3 is 2.13 bits per heavy atom. The maximum absolute atomic E-state index is 12.3. The van der Waals surface area contributed by atoms with Gasteiger partial charge >= 0.3 is 6.18 Å². The van der Waals surface area contributed by atoms with Gasteiger partial charge in [-0.1, -0.05) is 0 Å². The molecule has 1 aliphatic rings. The molecule has 1 heterocycles.